The minimum atomic E-state index is -0.348. The Morgan fingerprint density at radius 3 is 2.48 bits per heavy atom. The minimum Gasteiger partial charge on any atom is -0.338 e. The maximum Gasteiger partial charge on any atom is 0.267 e. The molecule has 0 saturated carbocycles. The maximum absolute atomic E-state index is 13.1. The maximum atomic E-state index is 13.1. The van der Waals surface area contributed by atoms with Gasteiger partial charge in [0.15, 0.2) is 0 Å². The van der Waals surface area contributed by atoms with Crippen LogP contribution in [-0.2, 0) is 12.8 Å². The van der Waals surface area contributed by atoms with E-state index in [2.05, 4.69) is 0 Å². The SMILES string of the molecule is O=C(c1ccc(F)cc1)N1CCC(n2nc3c(cc2=O)CCCCC3)CC1. The van der Waals surface area contributed by atoms with Crippen LogP contribution in [0.1, 0.15) is 59.8 Å². The summed E-state index contributed by atoms with van der Waals surface area (Å²) in [7, 11) is 0. The Kier molecular flexibility index (Phi) is 5.05. The van der Waals surface area contributed by atoms with E-state index in [1.165, 1.54) is 30.7 Å². The van der Waals surface area contributed by atoms with Crippen molar-refractivity contribution in [2.45, 2.75) is 51.0 Å². The van der Waals surface area contributed by atoms with Crippen LogP contribution in [0, 0.1) is 5.82 Å². The second-order valence-corrected chi connectivity index (χ2v) is 7.49. The van der Waals surface area contributed by atoms with Gasteiger partial charge in [-0.3, -0.25) is 9.59 Å². The smallest absolute Gasteiger partial charge is 0.267 e. The van der Waals surface area contributed by atoms with Gasteiger partial charge in [-0.15, -0.1) is 0 Å². The summed E-state index contributed by atoms with van der Waals surface area (Å²) in [5.41, 5.74) is 2.64. The number of nitrogens with zero attached hydrogens (tertiary/aromatic N) is 3. The summed E-state index contributed by atoms with van der Waals surface area (Å²) < 4.78 is 14.7. The first-order chi connectivity index (χ1) is 13.1. The van der Waals surface area contributed by atoms with Crippen LogP contribution < -0.4 is 5.56 Å². The quantitative estimate of drug-likeness (QED) is 0.765. The normalized spacial score (nSPS) is 18.0. The molecule has 0 spiro atoms. The zero-order valence-corrected chi connectivity index (χ0v) is 15.4. The average Bonchev–Trinajstić information content (AvgIpc) is 2.92. The standard InChI is InChI=1S/C21H24FN3O2/c22-17-8-6-15(7-9-17)21(27)24-12-10-18(11-13-24)25-20(26)14-16-4-2-1-3-5-19(16)23-25/h6-9,14,18H,1-5,10-13H2. The highest BCUT2D eigenvalue weighted by Crippen LogP contribution is 2.24. The summed E-state index contributed by atoms with van der Waals surface area (Å²) in [5.74, 6) is -0.436. The molecule has 142 valence electrons. The van der Waals surface area contributed by atoms with Gasteiger partial charge in [-0.1, -0.05) is 6.42 Å². The molecule has 6 heteroatoms. The Bertz CT molecular complexity index is 883. The van der Waals surface area contributed by atoms with Gasteiger partial charge in [0.25, 0.3) is 11.5 Å². The van der Waals surface area contributed by atoms with E-state index in [4.69, 9.17) is 5.10 Å². The number of amides is 1. The van der Waals surface area contributed by atoms with E-state index in [0.29, 0.717) is 31.5 Å². The van der Waals surface area contributed by atoms with Crippen molar-refractivity contribution in [2.75, 3.05) is 13.1 Å². The molecule has 4 rings (SSSR count). The number of benzene rings is 1. The average molecular weight is 369 g/mol. The molecule has 0 N–H and O–H groups in total. The first kappa shape index (κ1) is 17.9. The minimum absolute atomic E-state index is 0.0287. The molecule has 27 heavy (non-hydrogen) atoms. The van der Waals surface area contributed by atoms with Crippen molar-refractivity contribution in [2.24, 2.45) is 0 Å². The zero-order valence-electron chi connectivity index (χ0n) is 15.4. The van der Waals surface area contributed by atoms with Crippen molar-refractivity contribution in [3.63, 3.8) is 0 Å². The summed E-state index contributed by atoms with van der Waals surface area (Å²) in [6.07, 6.45) is 6.75. The molecule has 2 aliphatic rings. The Labute approximate surface area is 157 Å². The molecule has 5 nitrogen and oxygen atoms in total. The third kappa shape index (κ3) is 3.80. The number of rotatable bonds is 2. The third-order valence-corrected chi connectivity index (χ3v) is 5.67. The van der Waals surface area contributed by atoms with Crippen LogP contribution in [0.4, 0.5) is 4.39 Å². The fourth-order valence-corrected chi connectivity index (χ4v) is 4.10. The number of aryl methyl sites for hydroxylation is 2. The first-order valence-corrected chi connectivity index (χ1v) is 9.78. The predicted octanol–water partition coefficient (Wildman–Crippen LogP) is 3.13. The number of hydrogen-bond acceptors (Lipinski definition) is 3. The molecular weight excluding hydrogens is 345 g/mol. The molecule has 1 fully saturated rings. The monoisotopic (exact) mass is 369 g/mol. The highest BCUT2D eigenvalue weighted by molar-refractivity contribution is 5.94. The van der Waals surface area contributed by atoms with Gasteiger partial charge in [0, 0.05) is 24.7 Å². The molecule has 0 atom stereocenters. The summed E-state index contributed by atoms with van der Waals surface area (Å²) in [5, 5.41) is 4.69. The van der Waals surface area contributed by atoms with Crippen molar-refractivity contribution in [1.29, 1.82) is 0 Å². The fraction of sp³-hybridized carbons (Fsp3) is 0.476. The largest absolute Gasteiger partial charge is 0.338 e. The van der Waals surface area contributed by atoms with Crippen molar-refractivity contribution < 1.29 is 9.18 Å². The van der Waals surface area contributed by atoms with Crippen molar-refractivity contribution in [1.82, 2.24) is 14.7 Å². The van der Waals surface area contributed by atoms with Gasteiger partial charge in [-0.2, -0.15) is 5.10 Å². The second kappa shape index (κ2) is 7.62. The molecule has 1 aliphatic heterocycles. The van der Waals surface area contributed by atoms with Gasteiger partial charge < -0.3 is 4.90 Å². The van der Waals surface area contributed by atoms with Crippen molar-refractivity contribution in [3.8, 4) is 0 Å². The molecule has 1 saturated heterocycles. The van der Waals surface area contributed by atoms with Gasteiger partial charge in [0.05, 0.1) is 11.7 Å². The van der Waals surface area contributed by atoms with Crippen LogP contribution in [0.5, 0.6) is 0 Å². The summed E-state index contributed by atoms with van der Waals surface area (Å²) >= 11 is 0. The number of carbonyl (C=O) groups is 1. The van der Waals surface area contributed by atoms with Gasteiger partial charge >= 0.3 is 0 Å². The lowest BCUT2D eigenvalue weighted by Gasteiger charge is -2.32. The predicted molar refractivity (Wildman–Crippen MR) is 100 cm³/mol. The van der Waals surface area contributed by atoms with Crippen LogP contribution in [0.2, 0.25) is 0 Å². The summed E-state index contributed by atoms with van der Waals surface area (Å²) in [6, 6.07) is 7.44. The van der Waals surface area contributed by atoms with Crippen LogP contribution in [0.15, 0.2) is 35.1 Å². The molecule has 1 aliphatic carbocycles. The summed E-state index contributed by atoms with van der Waals surface area (Å²) in [4.78, 5) is 26.9. The molecule has 1 amide bonds. The lowest BCUT2D eigenvalue weighted by atomic mass is 10.0. The van der Waals surface area contributed by atoms with Gasteiger partial charge in [0.2, 0.25) is 0 Å². The summed E-state index contributed by atoms with van der Waals surface area (Å²) in [6.45, 7) is 1.15. The van der Waals surface area contributed by atoms with E-state index in [9.17, 15) is 14.0 Å². The van der Waals surface area contributed by atoms with E-state index < -0.39 is 0 Å². The fourth-order valence-electron chi connectivity index (χ4n) is 4.10. The van der Waals surface area contributed by atoms with Crippen LogP contribution in [0.3, 0.4) is 0 Å². The number of likely N-dealkylation sites (tertiary alicyclic amines) is 1. The number of piperidine rings is 1. The topological polar surface area (TPSA) is 55.2 Å². The Morgan fingerprint density at radius 2 is 1.74 bits per heavy atom. The molecule has 2 aromatic rings. The first-order valence-electron chi connectivity index (χ1n) is 9.78. The van der Waals surface area contributed by atoms with E-state index in [-0.39, 0.29) is 23.3 Å². The zero-order chi connectivity index (χ0) is 18.8. The lowest BCUT2D eigenvalue weighted by Crippen LogP contribution is -2.41. The Hall–Kier alpha value is -2.50. The van der Waals surface area contributed by atoms with Crippen molar-refractivity contribution >= 4 is 5.91 Å². The molecule has 0 bridgehead atoms. The highest BCUT2D eigenvalue weighted by atomic mass is 19.1. The van der Waals surface area contributed by atoms with Crippen LogP contribution >= 0.6 is 0 Å². The van der Waals surface area contributed by atoms with Gasteiger partial charge in [-0.25, -0.2) is 9.07 Å². The Morgan fingerprint density at radius 1 is 1.04 bits per heavy atom. The van der Waals surface area contributed by atoms with E-state index in [1.54, 1.807) is 15.6 Å². The molecule has 0 unspecified atom stereocenters. The highest BCUT2D eigenvalue weighted by Gasteiger charge is 2.26. The number of carbonyl (C=O) groups excluding carboxylic acids is 1. The van der Waals surface area contributed by atoms with Crippen molar-refractivity contribution in [3.05, 3.63) is 63.3 Å². The molecule has 1 aromatic heterocycles. The van der Waals surface area contributed by atoms with Gasteiger partial charge in [-0.05, 0) is 68.4 Å². The van der Waals surface area contributed by atoms with E-state index in [0.717, 1.165) is 36.9 Å². The molecule has 0 radical (unpaired) electrons. The second-order valence-electron chi connectivity index (χ2n) is 7.49. The number of aromatic nitrogens is 2. The molecular formula is C21H24FN3O2. The lowest BCUT2D eigenvalue weighted by molar-refractivity contribution is 0.0687. The molecule has 2 heterocycles. The number of fused-ring (bicyclic) bond motifs is 1. The number of hydrogen-bond donors (Lipinski definition) is 0. The van der Waals surface area contributed by atoms with E-state index in [1.807, 2.05) is 0 Å². The third-order valence-electron chi connectivity index (χ3n) is 5.67. The Balaban J connectivity index is 1.46. The number of halogens is 1. The van der Waals surface area contributed by atoms with E-state index >= 15 is 0 Å². The molecule has 1 aromatic carbocycles. The van der Waals surface area contributed by atoms with Gasteiger partial charge in [0.1, 0.15) is 5.82 Å². The van der Waals surface area contributed by atoms with Crippen LogP contribution in [0.25, 0.3) is 0 Å². The van der Waals surface area contributed by atoms with Crippen LogP contribution in [-0.4, -0.2) is 33.7 Å².